The number of rotatable bonds is 5. The Kier molecular flexibility index (Phi) is 5.76. The second-order valence-electron chi connectivity index (χ2n) is 7.51. The molecule has 7 nitrogen and oxygen atoms in total. The highest BCUT2D eigenvalue weighted by Gasteiger charge is 2.40. The van der Waals surface area contributed by atoms with Crippen molar-refractivity contribution in [1.82, 2.24) is 9.88 Å². The highest BCUT2D eigenvalue weighted by atomic mass is 16.5. The van der Waals surface area contributed by atoms with Gasteiger partial charge in [-0.2, -0.15) is 0 Å². The number of carbonyl (C=O) groups excluding carboxylic acids is 1. The number of carboxylic acids is 1. The highest BCUT2D eigenvalue weighted by molar-refractivity contribution is 5.94. The molecule has 0 saturated carbocycles. The standard InChI is InChI=1S/C22H24N2O5/c25-21(16-3-5-17(6-4-16)29-18-2-1-10-23-14-18)24-11-7-15(8-12-24)20-19(22(26)27)9-13-28-20/h1-6,10,14-15,19-20H,7-9,11-13H2,(H,26,27)/t19?,20-/m0/s1. The van der Waals surface area contributed by atoms with E-state index < -0.39 is 11.9 Å². The predicted octanol–water partition coefficient (Wildman–Crippen LogP) is 3.22. The van der Waals surface area contributed by atoms with Crippen LogP contribution in [0.15, 0.2) is 48.8 Å². The normalized spacial score (nSPS) is 22.4. The maximum Gasteiger partial charge on any atom is 0.309 e. The molecule has 0 bridgehead atoms. The summed E-state index contributed by atoms with van der Waals surface area (Å²) in [6, 6.07) is 10.7. The van der Waals surface area contributed by atoms with Crippen LogP contribution >= 0.6 is 0 Å². The summed E-state index contributed by atoms with van der Waals surface area (Å²) in [7, 11) is 0. The largest absolute Gasteiger partial charge is 0.481 e. The van der Waals surface area contributed by atoms with Gasteiger partial charge < -0.3 is 19.5 Å². The van der Waals surface area contributed by atoms with Crippen LogP contribution in [0.25, 0.3) is 0 Å². The van der Waals surface area contributed by atoms with Gasteiger partial charge in [-0.15, -0.1) is 0 Å². The van der Waals surface area contributed by atoms with Crippen LogP contribution in [0.1, 0.15) is 29.6 Å². The van der Waals surface area contributed by atoms with Crippen molar-refractivity contribution in [2.45, 2.75) is 25.4 Å². The van der Waals surface area contributed by atoms with Crippen molar-refractivity contribution in [3.8, 4) is 11.5 Å². The van der Waals surface area contributed by atoms with E-state index in [1.165, 1.54) is 0 Å². The SMILES string of the molecule is O=C(O)C1CCO[C@H]1C1CCN(C(=O)c2ccc(Oc3cccnc3)cc2)CC1. The third-order valence-corrected chi connectivity index (χ3v) is 5.72. The molecule has 2 aliphatic rings. The van der Waals surface area contributed by atoms with Crippen molar-refractivity contribution in [2.75, 3.05) is 19.7 Å². The maximum atomic E-state index is 12.8. The fourth-order valence-electron chi connectivity index (χ4n) is 4.16. The molecule has 2 fully saturated rings. The van der Waals surface area contributed by atoms with Gasteiger partial charge in [0, 0.05) is 31.5 Å². The van der Waals surface area contributed by atoms with Gasteiger partial charge in [0.2, 0.25) is 0 Å². The number of hydrogen-bond acceptors (Lipinski definition) is 5. The third kappa shape index (κ3) is 4.40. The quantitative estimate of drug-likeness (QED) is 0.835. The second kappa shape index (κ2) is 8.61. The van der Waals surface area contributed by atoms with Gasteiger partial charge in [0.1, 0.15) is 11.5 Å². The Morgan fingerprint density at radius 3 is 2.48 bits per heavy atom. The molecule has 1 aromatic heterocycles. The number of piperidine rings is 1. The summed E-state index contributed by atoms with van der Waals surface area (Å²) in [6.07, 6.45) is 5.19. The van der Waals surface area contributed by atoms with Gasteiger partial charge in [-0.3, -0.25) is 14.6 Å². The Morgan fingerprint density at radius 1 is 1.07 bits per heavy atom. The second-order valence-corrected chi connectivity index (χ2v) is 7.51. The number of ether oxygens (including phenoxy) is 2. The average molecular weight is 396 g/mol. The van der Waals surface area contributed by atoms with Gasteiger partial charge in [-0.25, -0.2) is 0 Å². The number of carboxylic acid groups (broad SMARTS) is 1. The van der Waals surface area contributed by atoms with Crippen LogP contribution in [0.2, 0.25) is 0 Å². The van der Waals surface area contributed by atoms with Crippen LogP contribution < -0.4 is 4.74 Å². The number of hydrogen-bond donors (Lipinski definition) is 1. The molecule has 0 aliphatic carbocycles. The molecule has 1 amide bonds. The topological polar surface area (TPSA) is 89.0 Å². The lowest BCUT2D eigenvalue weighted by molar-refractivity contribution is -0.145. The van der Waals surface area contributed by atoms with Gasteiger partial charge in [0.15, 0.2) is 0 Å². The number of nitrogens with zero attached hydrogens (tertiary/aromatic N) is 2. The summed E-state index contributed by atoms with van der Waals surface area (Å²) in [5.41, 5.74) is 0.613. The lowest BCUT2D eigenvalue weighted by atomic mass is 9.84. The number of amides is 1. The van der Waals surface area contributed by atoms with Gasteiger partial charge in [0.05, 0.1) is 18.2 Å². The summed E-state index contributed by atoms with van der Waals surface area (Å²) < 4.78 is 11.4. The molecule has 2 aliphatic heterocycles. The number of aromatic nitrogens is 1. The molecule has 7 heteroatoms. The molecular weight excluding hydrogens is 372 g/mol. The Balaban J connectivity index is 1.33. The van der Waals surface area contributed by atoms with Gasteiger partial charge in [0.25, 0.3) is 5.91 Å². The Bertz CT molecular complexity index is 847. The fourth-order valence-corrected chi connectivity index (χ4v) is 4.16. The predicted molar refractivity (Wildman–Crippen MR) is 105 cm³/mol. The van der Waals surface area contributed by atoms with Gasteiger partial charge in [-0.05, 0) is 61.6 Å². The molecule has 2 aromatic rings. The van der Waals surface area contributed by atoms with E-state index in [2.05, 4.69) is 4.98 Å². The van der Waals surface area contributed by atoms with Crippen LogP contribution in [0.4, 0.5) is 0 Å². The van der Waals surface area contributed by atoms with E-state index >= 15 is 0 Å². The van der Waals surface area contributed by atoms with E-state index in [1.807, 2.05) is 11.0 Å². The minimum Gasteiger partial charge on any atom is -0.481 e. The first kappa shape index (κ1) is 19.4. The summed E-state index contributed by atoms with van der Waals surface area (Å²) >= 11 is 0. The number of aliphatic carboxylic acids is 1. The van der Waals surface area contributed by atoms with E-state index in [4.69, 9.17) is 9.47 Å². The van der Waals surface area contributed by atoms with Crippen molar-refractivity contribution < 1.29 is 24.2 Å². The first-order chi connectivity index (χ1) is 14.1. The van der Waals surface area contributed by atoms with E-state index in [1.54, 1.807) is 42.7 Å². The zero-order valence-electron chi connectivity index (χ0n) is 16.1. The van der Waals surface area contributed by atoms with Crippen molar-refractivity contribution in [3.05, 3.63) is 54.4 Å². The van der Waals surface area contributed by atoms with Crippen molar-refractivity contribution in [3.63, 3.8) is 0 Å². The van der Waals surface area contributed by atoms with Crippen LogP contribution in [0, 0.1) is 11.8 Å². The number of carbonyl (C=O) groups is 2. The molecular formula is C22H24N2O5. The zero-order valence-corrected chi connectivity index (χ0v) is 16.1. The van der Waals surface area contributed by atoms with Crippen molar-refractivity contribution >= 4 is 11.9 Å². The summed E-state index contributed by atoms with van der Waals surface area (Å²) in [4.78, 5) is 30.1. The summed E-state index contributed by atoms with van der Waals surface area (Å²) in [5, 5.41) is 9.36. The van der Waals surface area contributed by atoms with E-state index in [0.717, 1.165) is 12.8 Å². The van der Waals surface area contributed by atoms with Crippen LogP contribution in [0.3, 0.4) is 0 Å². The minimum atomic E-state index is -0.778. The number of likely N-dealkylation sites (tertiary alicyclic amines) is 1. The van der Waals surface area contributed by atoms with E-state index in [0.29, 0.717) is 43.2 Å². The smallest absolute Gasteiger partial charge is 0.309 e. The molecule has 0 radical (unpaired) electrons. The van der Waals surface area contributed by atoms with E-state index in [-0.39, 0.29) is 17.9 Å². The Hall–Kier alpha value is -2.93. The lowest BCUT2D eigenvalue weighted by Crippen LogP contribution is -2.43. The molecule has 29 heavy (non-hydrogen) atoms. The van der Waals surface area contributed by atoms with Gasteiger partial charge in [-0.1, -0.05) is 0 Å². The van der Waals surface area contributed by atoms with Crippen molar-refractivity contribution in [2.24, 2.45) is 11.8 Å². The maximum absolute atomic E-state index is 12.8. The fraction of sp³-hybridized carbons (Fsp3) is 0.409. The van der Waals surface area contributed by atoms with Crippen LogP contribution in [-0.4, -0.2) is 52.7 Å². The molecule has 2 atom stereocenters. The molecule has 152 valence electrons. The molecule has 4 rings (SSSR count). The first-order valence-corrected chi connectivity index (χ1v) is 9.93. The Labute approximate surface area is 169 Å². The summed E-state index contributed by atoms with van der Waals surface area (Å²) in [6.45, 7) is 1.74. The monoisotopic (exact) mass is 396 g/mol. The number of benzene rings is 1. The Morgan fingerprint density at radius 2 is 1.83 bits per heavy atom. The molecule has 1 N–H and O–H groups in total. The van der Waals surface area contributed by atoms with Crippen molar-refractivity contribution in [1.29, 1.82) is 0 Å². The zero-order chi connectivity index (χ0) is 20.2. The average Bonchev–Trinajstić information content (AvgIpc) is 3.25. The van der Waals surface area contributed by atoms with Gasteiger partial charge >= 0.3 is 5.97 Å². The minimum absolute atomic E-state index is 0.0153. The molecule has 1 aromatic carbocycles. The third-order valence-electron chi connectivity index (χ3n) is 5.72. The lowest BCUT2D eigenvalue weighted by Gasteiger charge is -2.35. The molecule has 3 heterocycles. The molecule has 2 saturated heterocycles. The number of pyridine rings is 1. The first-order valence-electron chi connectivity index (χ1n) is 9.93. The highest BCUT2D eigenvalue weighted by Crippen LogP contribution is 2.33. The summed E-state index contributed by atoms with van der Waals surface area (Å²) in [5.74, 6) is 0.263. The van der Waals surface area contributed by atoms with Crippen LogP contribution in [-0.2, 0) is 9.53 Å². The van der Waals surface area contributed by atoms with E-state index in [9.17, 15) is 14.7 Å². The molecule has 0 spiro atoms. The molecule has 1 unspecified atom stereocenters. The van der Waals surface area contributed by atoms with Crippen LogP contribution in [0.5, 0.6) is 11.5 Å².